The zero-order valence-corrected chi connectivity index (χ0v) is 9.73. The first-order valence-corrected chi connectivity index (χ1v) is 5.66. The van der Waals surface area contributed by atoms with Crippen molar-refractivity contribution in [2.24, 2.45) is 0 Å². The number of hydrogen-bond acceptors (Lipinski definition) is 5. The minimum absolute atomic E-state index is 0.130. The fourth-order valence-corrected chi connectivity index (χ4v) is 1.63. The van der Waals surface area contributed by atoms with Crippen LogP contribution in [0.3, 0.4) is 0 Å². The van der Waals surface area contributed by atoms with Gasteiger partial charge in [-0.2, -0.15) is 10.5 Å². The molecule has 1 saturated carbocycles. The SMILES string of the molecule is N#Cc1cc(C(=O)CNC2CC2)cc(C#N)c1N. The molecule has 1 aliphatic rings. The summed E-state index contributed by atoms with van der Waals surface area (Å²) in [7, 11) is 0. The molecule has 5 heteroatoms. The lowest BCUT2D eigenvalue weighted by atomic mass is 10.0. The highest BCUT2D eigenvalue weighted by Gasteiger charge is 2.22. The normalized spacial score (nSPS) is 13.7. The van der Waals surface area contributed by atoms with E-state index in [0.29, 0.717) is 11.6 Å². The lowest BCUT2D eigenvalue weighted by Crippen LogP contribution is -2.25. The van der Waals surface area contributed by atoms with Gasteiger partial charge in [0, 0.05) is 11.6 Å². The zero-order chi connectivity index (χ0) is 13.1. The van der Waals surface area contributed by atoms with Crippen LogP contribution < -0.4 is 11.1 Å². The summed E-state index contributed by atoms with van der Waals surface area (Å²) in [4.78, 5) is 11.9. The Bertz CT molecular complexity index is 541. The van der Waals surface area contributed by atoms with Crippen molar-refractivity contribution in [1.29, 1.82) is 10.5 Å². The number of anilines is 1. The molecule has 0 amide bonds. The number of rotatable bonds is 4. The van der Waals surface area contributed by atoms with E-state index in [1.807, 2.05) is 12.1 Å². The van der Waals surface area contributed by atoms with Gasteiger partial charge in [0.2, 0.25) is 0 Å². The van der Waals surface area contributed by atoms with E-state index in [9.17, 15) is 4.79 Å². The molecule has 2 rings (SSSR count). The maximum absolute atomic E-state index is 11.9. The van der Waals surface area contributed by atoms with E-state index in [1.165, 1.54) is 12.1 Å². The molecule has 1 aromatic carbocycles. The summed E-state index contributed by atoms with van der Waals surface area (Å²) in [6.07, 6.45) is 2.20. The molecule has 0 heterocycles. The molecule has 0 spiro atoms. The quantitative estimate of drug-likeness (QED) is 0.602. The van der Waals surface area contributed by atoms with Gasteiger partial charge in [-0.05, 0) is 25.0 Å². The summed E-state index contributed by atoms with van der Waals surface area (Å²) in [6.45, 7) is 0.227. The molecule has 0 saturated heterocycles. The van der Waals surface area contributed by atoms with Crippen molar-refractivity contribution < 1.29 is 4.79 Å². The van der Waals surface area contributed by atoms with Crippen molar-refractivity contribution in [2.45, 2.75) is 18.9 Å². The summed E-state index contributed by atoms with van der Waals surface area (Å²) in [6, 6.07) is 7.10. The smallest absolute Gasteiger partial charge is 0.176 e. The second-order valence-electron chi connectivity index (χ2n) is 4.29. The molecular formula is C13H12N4O. The van der Waals surface area contributed by atoms with Crippen LogP contribution in [0.4, 0.5) is 5.69 Å². The van der Waals surface area contributed by atoms with Gasteiger partial charge >= 0.3 is 0 Å². The Labute approximate surface area is 105 Å². The molecule has 0 aromatic heterocycles. The molecule has 1 fully saturated rings. The third-order valence-electron chi connectivity index (χ3n) is 2.87. The van der Waals surface area contributed by atoms with Crippen LogP contribution in [-0.2, 0) is 0 Å². The Hall–Kier alpha value is -2.37. The van der Waals surface area contributed by atoms with Gasteiger partial charge in [-0.3, -0.25) is 4.79 Å². The average Bonchev–Trinajstić information content (AvgIpc) is 3.20. The van der Waals surface area contributed by atoms with Crippen LogP contribution in [0.25, 0.3) is 0 Å². The Kier molecular flexibility index (Phi) is 3.27. The van der Waals surface area contributed by atoms with Gasteiger partial charge < -0.3 is 11.1 Å². The van der Waals surface area contributed by atoms with E-state index < -0.39 is 0 Å². The Morgan fingerprint density at radius 1 is 1.33 bits per heavy atom. The van der Waals surface area contributed by atoms with Crippen LogP contribution >= 0.6 is 0 Å². The van der Waals surface area contributed by atoms with E-state index in [0.717, 1.165) is 12.8 Å². The molecule has 1 aliphatic carbocycles. The van der Waals surface area contributed by atoms with Gasteiger partial charge in [-0.1, -0.05) is 0 Å². The Morgan fingerprint density at radius 2 is 1.89 bits per heavy atom. The summed E-state index contributed by atoms with van der Waals surface area (Å²) < 4.78 is 0. The Morgan fingerprint density at radius 3 is 2.33 bits per heavy atom. The molecule has 0 aliphatic heterocycles. The monoisotopic (exact) mass is 240 g/mol. The number of nitriles is 2. The number of nitrogens with zero attached hydrogens (tertiary/aromatic N) is 2. The highest BCUT2D eigenvalue weighted by molar-refractivity contribution is 5.99. The number of benzene rings is 1. The van der Waals surface area contributed by atoms with E-state index in [2.05, 4.69) is 5.32 Å². The number of nitrogens with one attached hydrogen (secondary N) is 1. The second-order valence-corrected chi connectivity index (χ2v) is 4.29. The number of hydrogen-bond donors (Lipinski definition) is 2. The van der Waals surface area contributed by atoms with Crippen LogP contribution in [0.1, 0.15) is 34.3 Å². The molecule has 18 heavy (non-hydrogen) atoms. The maximum Gasteiger partial charge on any atom is 0.176 e. The summed E-state index contributed by atoms with van der Waals surface area (Å²) in [5.74, 6) is -0.130. The molecule has 0 bridgehead atoms. The molecule has 3 N–H and O–H groups in total. The van der Waals surface area contributed by atoms with Crippen LogP contribution in [0, 0.1) is 22.7 Å². The molecule has 1 aromatic rings. The first-order chi connectivity index (χ1) is 8.65. The lowest BCUT2D eigenvalue weighted by molar-refractivity contribution is 0.0990. The van der Waals surface area contributed by atoms with Gasteiger partial charge in [0.15, 0.2) is 5.78 Å². The predicted octanol–water partition coefficient (Wildman–Crippen LogP) is 0.947. The lowest BCUT2D eigenvalue weighted by Gasteiger charge is -2.06. The number of nitrogen functional groups attached to an aromatic ring is 1. The fraction of sp³-hybridized carbons (Fsp3) is 0.308. The van der Waals surface area contributed by atoms with Gasteiger partial charge in [-0.15, -0.1) is 0 Å². The van der Waals surface area contributed by atoms with Gasteiger partial charge in [0.1, 0.15) is 12.1 Å². The van der Waals surface area contributed by atoms with Crippen LogP contribution in [0.2, 0.25) is 0 Å². The van der Waals surface area contributed by atoms with Crippen LogP contribution in [0.5, 0.6) is 0 Å². The van der Waals surface area contributed by atoms with Crippen LogP contribution in [-0.4, -0.2) is 18.4 Å². The Balaban J connectivity index is 2.24. The van der Waals surface area contributed by atoms with Crippen molar-refractivity contribution in [3.63, 3.8) is 0 Å². The first-order valence-electron chi connectivity index (χ1n) is 5.66. The van der Waals surface area contributed by atoms with Crippen molar-refractivity contribution >= 4 is 11.5 Å². The zero-order valence-electron chi connectivity index (χ0n) is 9.73. The predicted molar refractivity (Wildman–Crippen MR) is 65.6 cm³/mol. The average molecular weight is 240 g/mol. The molecule has 0 radical (unpaired) electrons. The summed E-state index contributed by atoms with van der Waals surface area (Å²) >= 11 is 0. The number of ketones is 1. The van der Waals surface area contributed by atoms with E-state index in [4.69, 9.17) is 16.3 Å². The van der Waals surface area contributed by atoms with Gasteiger partial charge in [0.25, 0.3) is 0 Å². The number of Topliss-reactive ketones (excluding diaryl/α,β-unsaturated/α-hetero) is 1. The number of carbonyl (C=O) groups is 1. The summed E-state index contributed by atoms with van der Waals surface area (Å²) in [5, 5.41) is 20.9. The van der Waals surface area contributed by atoms with Gasteiger partial charge in [-0.25, -0.2) is 0 Å². The number of nitrogens with two attached hydrogens (primary N) is 1. The minimum Gasteiger partial charge on any atom is -0.397 e. The molecule has 0 unspecified atom stereocenters. The van der Waals surface area contributed by atoms with Crippen molar-refractivity contribution in [2.75, 3.05) is 12.3 Å². The third-order valence-corrected chi connectivity index (χ3v) is 2.87. The second kappa shape index (κ2) is 4.87. The molecule has 90 valence electrons. The highest BCUT2D eigenvalue weighted by Crippen LogP contribution is 2.21. The van der Waals surface area contributed by atoms with Crippen molar-refractivity contribution in [3.05, 3.63) is 28.8 Å². The molecular weight excluding hydrogens is 228 g/mol. The summed E-state index contributed by atoms with van der Waals surface area (Å²) in [5.41, 5.74) is 6.46. The van der Waals surface area contributed by atoms with Crippen LogP contribution in [0.15, 0.2) is 12.1 Å². The largest absolute Gasteiger partial charge is 0.397 e. The van der Waals surface area contributed by atoms with Crippen molar-refractivity contribution in [3.8, 4) is 12.1 Å². The van der Waals surface area contributed by atoms with Gasteiger partial charge in [0.05, 0.1) is 23.4 Å². The standard InChI is InChI=1S/C13H12N4O/c14-5-9-3-8(4-10(6-15)13(9)16)12(18)7-17-11-1-2-11/h3-4,11,17H,1-2,7,16H2. The van der Waals surface area contributed by atoms with E-state index in [-0.39, 0.29) is 29.1 Å². The fourth-order valence-electron chi connectivity index (χ4n) is 1.63. The minimum atomic E-state index is -0.130. The number of carbonyl (C=O) groups excluding carboxylic acids is 1. The molecule has 0 atom stereocenters. The van der Waals surface area contributed by atoms with E-state index in [1.54, 1.807) is 0 Å². The maximum atomic E-state index is 11.9. The molecule has 5 nitrogen and oxygen atoms in total. The van der Waals surface area contributed by atoms with E-state index >= 15 is 0 Å². The first kappa shape index (κ1) is 12.1. The van der Waals surface area contributed by atoms with Crippen molar-refractivity contribution in [1.82, 2.24) is 5.32 Å². The highest BCUT2D eigenvalue weighted by atomic mass is 16.1. The topological polar surface area (TPSA) is 103 Å². The third kappa shape index (κ3) is 2.48.